The van der Waals surface area contributed by atoms with E-state index in [1.165, 1.54) is 0 Å². The fraction of sp³-hybridized carbons (Fsp3) is 0.214. The molecule has 0 unspecified atom stereocenters. The van der Waals surface area contributed by atoms with Crippen molar-refractivity contribution >= 4 is 22.7 Å². The minimum Gasteiger partial charge on any atom is -0.298 e. The molecule has 1 fully saturated rings. The Kier molecular flexibility index (Phi) is 4.14. The molecule has 30 heavy (non-hydrogen) atoms. The monoisotopic (exact) mass is 392 g/mol. The molecule has 2 bridgehead atoms. The maximum absolute atomic E-state index is 13.9. The van der Waals surface area contributed by atoms with Gasteiger partial charge in [0.1, 0.15) is 0 Å². The summed E-state index contributed by atoms with van der Waals surface area (Å²) < 4.78 is 0. The number of carbonyl (C=O) groups excluding carboxylic acids is 2. The molecule has 3 atom stereocenters. The van der Waals surface area contributed by atoms with E-state index in [1.807, 2.05) is 80.6 Å². The molecule has 3 aromatic carbocycles. The van der Waals surface area contributed by atoms with Crippen molar-refractivity contribution in [2.75, 3.05) is 0 Å². The van der Waals surface area contributed by atoms with Crippen LogP contribution < -0.4 is 0 Å². The van der Waals surface area contributed by atoms with Crippen LogP contribution in [0.2, 0.25) is 0 Å². The van der Waals surface area contributed by atoms with Gasteiger partial charge in [0.15, 0.2) is 11.6 Å². The lowest BCUT2D eigenvalue weighted by molar-refractivity contribution is -0.127. The molecule has 3 aromatic rings. The maximum Gasteiger partial charge on any atom is 0.167 e. The lowest BCUT2D eigenvalue weighted by atomic mass is 9.65. The van der Waals surface area contributed by atoms with Gasteiger partial charge >= 0.3 is 0 Å². The molecule has 148 valence electrons. The van der Waals surface area contributed by atoms with Crippen molar-refractivity contribution in [3.63, 3.8) is 0 Å². The first-order valence-corrected chi connectivity index (χ1v) is 10.5. The van der Waals surface area contributed by atoms with Crippen LogP contribution in [0.15, 0.2) is 91.0 Å². The number of fused-ring (bicyclic) bond motifs is 2. The molecule has 5 rings (SSSR count). The molecule has 0 saturated heterocycles. The Morgan fingerprint density at radius 1 is 0.733 bits per heavy atom. The van der Waals surface area contributed by atoms with E-state index >= 15 is 0 Å². The SMILES string of the molecule is C[C@]12C[C@@H](C(=O)c3ccccc3)[C@@](C)(C1=O)C(c1ccccc1)=C2c1ccccc1. The van der Waals surface area contributed by atoms with Crippen molar-refractivity contribution in [1.82, 2.24) is 0 Å². The van der Waals surface area contributed by atoms with Crippen LogP contribution in [0.3, 0.4) is 0 Å². The first-order valence-electron chi connectivity index (χ1n) is 10.5. The lowest BCUT2D eigenvalue weighted by Gasteiger charge is -2.35. The van der Waals surface area contributed by atoms with Crippen LogP contribution in [0.4, 0.5) is 0 Å². The van der Waals surface area contributed by atoms with Crippen molar-refractivity contribution in [2.24, 2.45) is 16.7 Å². The number of benzene rings is 3. The molecule has 2 aliphatic carbocycles. The molecule has 2 heteroatoms. The van der Waals surface area contributed by atoms with Gasteiger partial charge < -0.3 is 0 Å². The van der Waals surface area contributed by atoms with Crippen molar-refractivity contribution in [3.05, 3.63) is 108 Å². The lowest BCUT2D eigenvalue weighted by Crippen LogP contribution is -2.34. The molecular formula is C28H24O2. The van der Waals surface area contributed by atoms with Gasteiger partial charge in [-0.05, 0) is 42.5 Å². The fourth-order valence-corrected chi connectivity index (χ4v) is 5.75. The molecule has 2 nitrogen and oxygen atoms in total. The molecule has 0 aromatic heterocycles. The van der Waals surface area contributed by atoms with Gasteiger partial charge in [0.2, 0.25) is 0 Å². The minimum atomic E-state index is -0.839. The number of Topliss-reactive ketones (excluding diaryl/α,β-unsaturated/α-hetero) is 2. The number of hydrogen-bond donors (Lipinski definition) is 0. The summed E-state index contributed by atoms with van der Waals surface area (Å²) in [6, 6.07) is 29.7. The molecule has 0 amide bonds. The second kappa shape index (κ2) is 6.63. The van der Waals surface area contributed by atoms with Crippen LogP contribution in [-0.4, -0.2) is 11.6 Å². The summed E-state index contributed by atoms with van der Waals surface area (Å²) in [6.07, 6.45) is 0.552. The van der Waals surface area contributed by atoms with Crippen molar-refractivity contribution in [2.45, 2.75) is 20.3 Å². The third-order valence-corrected chi connectivity index (χ3v) is 7.10. The Morgan fingerprint density at radius 2 is 1.20 bits per heavy atom. The predicted molar refractivity (Wildman–Crippen MR) is 120 cm³/mol. The molecular weight excluding hydrogens is 368 g/mol. The number of hydrogen-bond acceptors (Lipinski definition) is 2. The van der Waals surface area contributed by atoms with E-state index < -0.39 is 10.8 Å². The number of allylic oxidation sites excluding steroid dienone is 2. The summed E-state index contributed by atoms with van der Waals surface area (Å²) >= 11 is 0. The van der Waals surface area contributed by atoms with Crippen LogP contribution in [0.5, 0.6) is 0 Å². The predicted octanol–water partition coefficient (Wildman–Crippen LogP) is 6.10. The highest BCUT2D eigenvalue weighted by atomic mass is 16.1. The van der Waals surface area contributed by atoms with Crippen LogP contribution in [-0.2, 0) is 4.79 Å². The van der Waals surface area contributed by atoms with Gasteiger partial charge in [-0.1, -0.05) is 91.0 Å². The smallest absolute Gasteiger partial charge is 0.167 e. The van der Waals surface area contributed by atoms with Gasteiger partial charge in [-0.3, -0.25) is 9.59 Å². The Morgan fingerprint density at radius 3 is 1.73 bits per heavy atom. The summed E-state index contributed by atoms with van der Waals surface area (Å²) in [4.78, 5) is 27.5. The summed E-state index contributed by atoms with van der Waals surface area (Å²) in [6.45, 7) is 4.02. The fourth-order valence-electron chi connectivity index (χ4n) is 5.75. The molecule has 1 saturated carbocycles. The summed E-state index contributed by atoms with van der Waals surface area (Å²) in [5.41, 5.74) is 3.37. The highest BCUT2D eigenvalue weighted by molar-refractivity contribution is 6.25. The quantitative estimate of drug-likeness (QED) is 0.503. The van der Waals surface area contributed by atoms with E-state index in [-0.39, 0.29) is 17.5 Å². The van der Waals surface area contributed by atoms with Crippen LogP contribution >= 0.6 is 0 Å². The third kappa shape index (κ3) is 2.43. The first kappa shape index (κ1) is 18.7. The summed E-state index contributed by atoms with van der Waals surface area (Å²) in [5.74, 6) is -0.127. The van der Waals surface area contributed by atoms with E-state index in [0.29, 0.717) is 12.0 Å². The molecule has 0 aliphatic heterocycles. The molecule has 0 spiro atoms. The zero-order valence-electron chi connectivity index (χ0n) is 17.3. The Balaban J connectivity index is 1.76. The minimum absolute atomic E-state index is 0.0655. The molecule has 0 radical (unpaired) electrons. The first-order chi connectivity index (χ1) is 14.5. The van der Waals surface area contributed by atoms with E-state index in [4.69, 9.17) is 0 Å². The number of carbonyl (C=O) groups is 2. The van der Waals surface area contributed by atoms with Gasteiger partial charge in [-0.25, -0.2) is 0 Å². The van der Waals surface area contributed by atoms with Crippen LogP contribution in [0, 0.1) is 16.7 Å². The van der Waals surface area contributed by atoms with Gasteiger partial charge in [-0.2, -0.15) is 0 Å². The Hall–Kier alpha value is -3.26. The number of rotatable bonds is 4. The van der Waals surface area contributed by atoms with Crippen molar-refractivity contribution in [1.29, 1.82) is 0 Å². The van der Waals surface area contributed by atoms with Gasteiger partial charge in [0, 0.05) is 11.5 Å². The van der Waals surface area contributed by atoms with Gasteiger partial charge in [0.05, 0.1) is 10.8 Å². The van der Waals surface area contributed by atoms with Crippen LogP contribution in [0.1, 0.15) is 41.8 Å². The molecule has 0 N–H and O–H groups in total. The van der Waals surface area contributed by atoms with E-state index in [9.17, 15) is 9.59 Å². The van der Waals surface area contributed by atoms with Gasteiger partial charge in [0.25, 0.3) is 0 Å². The summed E-state index contributed by atoms with van der Waals surface area (Å²) in [5, 5.41) is 0. The van der Waals surface area contributed by atoms with Crippen molar-refractivity contribution < 1.29 is 9.59 Å². The Bertz CT molecular complexity index is 1160. The highest BCUT2D eigenvalue weighted by Gasteiger charge is 2.68. The Labute approximate surface area is 177 Å². The van der Waals surface area contributed by atoms with E-state index in [2.05, 4.69) is 24.3 Å². The second-order valence-corrected chi connectivity index (χ2v) is 8.83. The largest absolute Gasteiger partial charge is 0.298 e. The average Bonchev–Trinajstić information content (AvgIpc) is 3.11. The zero-order valence-corrected chi connectivity index (χ0v) is 17.3. The van der Waals surface area contributed by atoms with Gasteiger partial charge in [-0.15, -0.1) is 0 Å². The molecule has 2 aliphatic rings. The summed E-state index contributed by atoms with van der Waals surface area (Å²) in [7, 11) is 0. The third-order valence-electron chi connectivity index (χ3n) is 7.10. The average molecular weight is 392 g/mol. The van der Waals surface area contributed by atoms with E-state index in [1.54, 1.807) is 0 Å². The van der Waals surface area contributed by atoms with Crippen molar-refractivity contribution in [3.8, 4) is 0 Å². The van der Waals surface area contributed by atoms with Crippen LogP contribution in [0.25, 0.3) is 11.1 Å². The topological polar surface area (TPSA) is 34.1 Å². The number of ketones is 2. The highest BCUT2D eigenvalue weighted by Crippen LogP contribution is 2.69. The molecule has 0 heterocycles. The zero-order chi connectivity index (χ0) is 20.9. The standard InChI is InChI=1S/C28H24O2/c1-27-18-22(25(29)21-16-10-5-11-17-21)28(2,26(27)30)24(20-14-8-4-9-15-20)23(27)19-12-6-3-7-13-19/h3-17,22H,18H2,1-2H3/t22-,27+,28+/m0/s1. The second-order valence-electron chi connectivity index (χ2n) is 8.83. The maximum atomic E-state index is 13.9. The normalized spacial score (nSPS) is 27.5. The van der Waals surface area contributed by atoms with E-state index in [0.717, 1.165) is 22.3 Å².